The van der Waals surface area contributed by atoms with Gasteiger partial charge in [-0.3, -0.25) is 13.9 Å². The molecule has 0 saturated carbocycles. The molecule has 0 saturated heterocycles. The summed E-state index contributed by atoms with van der Waals surface area (Å²) in [6.07, 6.45) is 0.737. The van der Waals surface area contributed by atoms with Crippen LogP contribution in [0.5, 0.6) is 5.75 Å². The van der Waals surface area contributed by atoms with E-state index in [4.69, 9.17) is 4.74 Å². The van der Waals surface area contributed by atoms with E-state index in [1.54, 1.807) is 73.5 Å². The summed E-state index contributed by atoms with van der Waals surface area (Å²) in [4.78, 5) is 27.6. The van der Waals surface area contributed by atoms with Crippen molar-refractivity contribution in [2.45, 2.75) is 13.3 Å². The number of carbonyl (C=O) groups is 2. The molecule has 1 aliphatic rings. The minimum atomic E-state index is -3.38. The fourth-order valence-electron chi connectivity index (χ4n) is 3.94. The normalized spacial score (nSPS) is 12.7. The Labute approximate surface area is 205 Å². The van der Waals surface area contributed by atoms with Gasteiger partial charge < -0.3 is 15.0 Å². The first-order valence-corrected chi connectivity index (χ1v) is 12.8. The molecular formula is C26H27N3O5S. The number of sulfonamides is 1. The van der Waals surface area contributed by atoms with Crippen molar-refractivity contribution < 1.29 is 22.7 Å². The smallest absolute Gasteiger partial charge is 0.258 e. The molecule has 0 radical (unpaired) electrons. The molecule has 9 heteroatoms. The Balaban J connectivity index is 1.49. The maximum absolute atomic E-state index is 13.1. The third kappa shape index (κ3) is 5.00. The molecular weight excluding hydrogens is 466 g/mol. The van der Waals surface area contributed by atoms with Gasteiger partial charge in [0.15, 0.2) is 0 Å². The van der Waals surface area contributed by atoms with Crippen LogP contribution in [0.4, 0.5) is 17.1 Å². The number of methoxy groups -OCH3 is 1. The summed E-state index contributed by atoms with van der Waals surface area (Å²) in [5.74, 6) is 0.224. The van der Waals surface area contributed by atoms with E-state index in [0.717, 1.165) is 17.7 Å². The zero-order valence-corrected chi connectivity index (χ0v) is 20.6. The molecule has 1 aliphatic heterocycles. The number of amides is 2. The molecule has 35 heavy (non-hydrogen) atoms. The van der Waals surface area contributed by atoms with Gasteiger partial charge in [0, 0.05) is 36.1 Å². The van der Waals surface area contributed by atoms with Gasteiger partial charge in [-0.05, 0) is 79.6 Å². The van der Waals surface area contributed by atoms with Crippen LogP contribution in [0.3, 0.4) is 0 Å². The zero-order chi connectivity index (χ0) is 25.2. The van der Waals surface area contributed by atoms with Gasteiger partial charge in [0.25, 0.3) is 11.8 Å². The molecule has 2 amide bonds. The summed E-state index contributed by atoms with van der Waals surface area (Å²) in [5, 5.41) is 2.87. The number of nitrogens with one attached hydrogen (secondary N) is 1. The highest BCUT2D eigenvalue weighted by Crippen LogP contribution is 2.32. The van der Waals surface area contributed by atoms with E-state index >= 15 is 0 Å². The SMILES string of the molecule is CCS(=O)(=O)N(C)c1ccc(C(=O)Nc2ccc3c(c2)N(C(=O)c2ccc(OC)cc2)CC3)cc1. The van der Waals surface area contributed by atoms with Gasteiger partial charge in [0.05, 0.1) is 18.6 Å². The lowest BCUT2D eigenvalue weighted by Crippen LogP contribution is -2.28. The maximum atomic E-state index is 13.1. The monoisotopic (exact) mass is 493 g/mol. The number of benzene rings is 3. The van der Waals surface area contributed by atoms with Gasteiger partial charge in [-0.1, -0.05) is 6.07 Å². The number of nitrogens with zero attached hydrogens (tertiary/aromatic N) is 2. The van der Waals surface area contributed by atoms with Crippen LogP contribution in [-0.4, -0.2) is 46.7 Å². The second-order valence-corrected chi connectivity index (χ2v) is 10.4. The molecule has 0 fully saturated rings. The summed E-state index contributed by atoms with van der Waals surface area (Å²) in [6, 6.07) is 18.9. The van der Waals surface area contributed by atoms with Gasteiger partial charge >= 0.3 is 0 Å². The van der Waals surface area contributed by atoms with Crippen molar-refractivity contribution in [2.24, 2.45) is 0 Å². The molecule has 3 aromatic rings. The Morgan fingerprint density at radius 2 is 1.66 bits per heavy atom. The van der Waals surface area contributed by atoms with Crippen LogP contribution in [-0.2, 0) is 16.4 Å². The van der Waals surface area contributed by atoms with Crippen LogP contribution in [0.2, 0.25) is 0 Å². The van der Waals surface area contributed by atoms with Crippen molar-refractivity contribution in [2.75, 3.05) is 41.0 Å². The summed E-state index contributed by atoms with van der Waals surface area (Å²) >= 11 is 0. The molecule has 0 bridgehead atoms. The highest BCUT2D eigenvalue weighted by Gasteiger charge is 2.26. The molecule has 0 unspecified atom stereocenters. The fraction of sp³-hybridized carbons (Fsp3) is 0.231. The van der Waals surface area contributed by atoms with E-state index in [0.29, 0.717) is 34.8 Å². The van der Waals surface area contributed by atoms with Crippen LogP contribution in [0.25, 0.3) is 0 Å². The second-order valence-electron chi connectivity index (χ2n) is 8.15. The van der Waals surface area contributed by atoms with Crippen LogP contribution in [0.1, 0.15) is 33.2 Å². The highest BCUT2D eigenvalue weighted by atomic mass is 32.2. The number of fused-ring (bicyclic) bond motifs is 1. The summed E-state index contributed by atoms with van der Waals surface area (Å²) in [6.45, 7) is 2.14. The van der Waals surface area contributed by atoms with E-state index in [1.165, 1.54) is 11.4 Å². The largest absolute Gasteiger partial charge is 0.497 e. The van der Waals surface area contributed by atoms with Gasteiger partial charge in [0.2, 0.25) is 10.0 Å². The lowest BCUT2D eigenvalue weighted by Gasteiger charge is -2.19. The van der Waals surface area contributed by atoms with E-state index < -0.39 is 10.0 Å². The molecule has 3 aromatic carbocycles. The Morgan fingerprint density at radius 3 is 2.29 bits per heavy atom. The van der Waals surface area contributed by atoms with Crippen molar-refractivity contribution in [3.8, 4) is 5.75 Å². The Hall–Kier alpha value is -3.85. The first kappa shape index (κ1) is 24.3. The number of rotatable bonds is 7. The molecule has 182 valence electrons. The fourth-order valence-corrected chi connectivity index (χ4v) is 4.77. The van der Waals surface area contributed by atoms with Crippen LogP contribution < -0.4 is 19.3 Å². The van der Waals surface area contributed by atoms with Crippen LogP contribution in [0, 0.1) is 0 Å². The number of ether oxygens (including phenoxy) is 1. The van der Waals surface area contributed by atoms with Gasteiger partial charge in [-0.15, -0.1) is 0 Å². The number of hydrogen-bond acceptors (Lipinski definition) is 5. The van der Waals surface area contributed by atoms with Crippen molar-refractivity contribution in [3.63, 3.8) is 0 Å². The lowest BCUT2D eigenvalue weighted by molar-refractivity contribution is 0.0988. The molecule has 1 heterocycles. The van der Waals surface area contributed by atoms with E-state index in [1.807, 2.05) is 12.1 Å². The lowest BCUT2D eigenvalue weighted by atomic mass is 10.1. The molecule has 0 aromatic heterocycles. The number of carbonyl (C=O) groups excluding carboxylic acids is 2. The molecule has 0 spiro atoms. The van der Waals surface area contributed by atoms with Crippen molar-refractivity contribution in [1.82, 2.24) is 0 Å². The van der Waals surface area contributed by atoms with Gasteiger partial charge in [-0.2, -0.15) is 0 Å². The molecule has 4 rings (SSSR count). The standard InChI is InChI=1S/C26H27N3O5S/c1-4-35(32,33)28(2)22-11-6-19(7-12-22)25(30)27-21-10-5-18-15-16-29(24(18)17-21)26(31)20-8-13-23(34-3)14-9-20/h5-14,17H,4,15-16H2,1-3H3,(H,27,30). The number of anilines is 3. The van der Waals surface area contributed by atoms with E-state index in [9.17, 15) is 18.0 Å². The Kier molecular flexibility index (Phi) is 6.79. The first-order chi connectivity index (χ1) is 16.7. The van der Waals surface area contributed by atoms with E-state index in [-0.39, 0.29) is 17.6 Å². The van der Waals surface area contributed by atoms with Gasteiger partial charge in [-0.25, -0.2) is 8.42 Å². The maximum Gasteiger partial charge on any atom is 0.258 e. The minimum absolute atomic E-state index is 0.0119. The summed E-state index contributed by atoms with van der Waals surface area (Å²) < 4.78 is 30.5. The second kappa shape index (κ2) is 9.79. The summed E-state index contributed by atoms with van der Waals surface area (Å²) in [7, 11) is -0.320. The molecule has 8 nitrogen and oxygen atoms in total. The average Bonchev–Trinajstić information content (AvgIpc) is 3.31. The zero-order valence-electron chi connectivity index (χ0n) is 19.8. The average molecular weight is 494 g/mol. The first-order valence-electron chi connectivity index (χ1n) is 11.2. The molecule has 0 atom stereocenters. The third-order valence-electron chi connectivity index (χ3n) is 6.10. The minimum Gasteiger partial charge on any atom is -0.497 e. The topological polar surface area (TPSA) is 96.0 Å². The highest BCUT2D eigenvalue weighted by molar-refractivity contribution is 7.92. The number of hydrogen-bond donors (Lipinski definition) is 1. The third-order valence-corrected chi connectivity index (χ3v) is 7.87. The van der Waals surface area contributed by atoms with Crippen LogP contribution in [0.15, 0.2) is 66.7 Å². The predicted octanol–water partition coefficient (Wildman–Crippen LogP) is 3.94. The quantitative estimate of drug-likeness (QED) is 0.538. The van der Waals surface area contributed by atoms with Gasteiger partial charge in [0.1, 0.15) is 5.75 Å². The van der Waals surface area contributed by atoms with Crippen LogP contribution >= 0.6 is 0 Å². The summed E-state index contributed by atoms with van der Waals surface area (Å²) in [5.41, 5.74) is 3.80. The molecule has 0 aliphatic carbocycles. The Morgan fingerprint density at radius 1 is 1.00 bits per heavy atom. The van der Waals surface area contributed by atoms with E-state index in [2.05, 4.69) is 5.32 Å². The Bertz CT molecular complexity index is 1350. The van der Waals surface area contributed by atoms with Crippen molar-refractivity contribution >= 4 is 38.9 Å². The van der Waals surface area contributed by atoms with Crippen molar-refractivity contribution in [3.05, 3.63) is 83.4 Å². The van der Waals surface area contributed by atoms with Crippen molar-refractivity contribution in [1.29, 1.82) is 0 Å². The molecule has 1 N–H and O–H groups in total. The predicted molar refractivity (Wildman–Crippen MR) is 137 cm³/mol.